The summed E-state index contributed by atoms with van der Waals surface area (Å²) in [4.78, 5) is 12.8. The molecule has 1 N–H and O–H groups in total. The molecule has 0 saturated heterocycles. The average molecular weight is 332 g/mol. The normalized spacial score (nSPS) is 11.7. The first-order chi connectivity index (χ1) is 10.5. The molecule has 0 fully saturated rings. The minimum atomic E-state index is -0.909. The van der Waals surface area contributed by atoms with Crippen molar-refractivity contribution in [3.05, 3.63) is 58.6 Å². The lowest BCUT2D eigenvalue weighted by Crippen LogP contribution is -2.02. The van der Waals surface area contributed by atoms with E-state index in [0.717, 1.165) is 15.4 Å². The van der Waals surface area contributed by atoms with Gasteiger partial charge in [0.1, 0.15) is 0 Å². The Morgan fingerprint density at radius 1 is 1.32 bits per heavy atom. The molecule has 1 atom stereocenters. The smallest absolute Gasteiger partial charge is 0.307 e. The zero-order chi connectivity index (χ0) is 16.1. The maximum atomic E-state index is 11.0. The molecule has 0 aliphatic rings. The van der Waals surface area contributed by atoms with E-state index in [-0.39, 0.29) is 12.3 Å². The molecule has 3 nitrogen and oxygen atoms in total. The molecule has 0 spiro atoms. The lowest BCUT2D eigenvalue weighted by Gasteiger charge is -2.10. The molecule has 0 bridgehead atoms. The Kier molecular flexibility index (Phi) is 5.48. The summed E-state index contributed by atoms with van der Waals surface area (Å²) in [6.07, 6.45) is -0.106. The van der Waals surface area contributed by atoms with Crippen LogP contribution < -0.4 is 0 Å². The summed E-state index contributed by atoms with van der Waals surface area (Å²) in [6.45, 7) is 1.85. The Balaban J connectivity index is 2.26. The first-order valence-electron chi connectivity index (χ1n) is 6.68. The van der Waals surface area contributed by atoms with Gasteiger partial charge >= 0.3 is 5.97 Å². The number of carbonyl (C=O) groups is 1. The van der Waals surface area contributed by atoms with Gasteiger partial charge in [0.25, 0.3) is 0 Å². The molecule has 22 heavy (non-hydrogen) atoms. The second-order valence-corrected chi connectivity index (χ2v) is 6.33. The van der Waals surface area contributed by atoms with Crippen molar-refractivity contribution in [1.29, 1.82) is 5.26 Å². The van der Waals surface area contributed by atoms with Crippen LogP contribution in [0.4, 0.5) is 0 Å². The van der Waals surface area contributed by atoms with Gasteiger partial charge in [-0.05, 0) is 42.3 Å². The van der Waals surface area contributed by atoms with Gasteiger partial charge in [0.15, 0.2) is 0 Å². The van der Waals surface area contributed by atoms with Gasteiger partial charge in [-0.25, -0.2) is 0 Å². The molecule has 0 aromatic heterocycles. The zero-order valence-electron chi connectivity index (χ0n) is 11.9. The third-order valence-corrected chi connectivity index (χ3v) is 4.67. The van der Waals surface area contributed by atoms with Crippen molar-refractivity contribution in [2.45, 2.75) is 29.1 Å². The number of nitrogens with zero attached hydrogens (tertiary/aromatic N) is 1. The highest BCUT2D eigenvalue weighted by molar-refractivity contribution is 7.99. The highest BCUT2D eigenvalue weighted by Crippen LogP contribution is 2.34. The van der Waals surface area contributed by atoms with Crippen molar-refractivity contribution in [1.82, 2.24) is 0 Å². The number of rotatable bonds is 5. The van der Waals surface area contributed by atoms with Gasteiger partial charge < -0.3 is 5.11 Å². The van der Waals surface area contributed by atoms with E-state index in [4.69, 9.17) is 22.0 Å². The second kappa shape index (κ2) is 7.35. The molecule has 5 heteroatoms. The number of hydrogen-bond acceptors (Lipinski definition) is 3. The summed E-state index contributed by atoms with van der Waals surface area (Å²) in [7, 11) is 0. The van der Waals surface area contributed by atoms with E-state index in [9.17, 15) is 4.79 Å². The van der Waals surface area contributed by atoms with Crippen molar-refractivity contribution in [2.75, 3.05) is 0 Å². The Morgan fingerprint density at radius 3 is 2.59 bits per heavy atom. The lowest BCUT2D eigenvalue weighted by atomic mass is 10.0. The van der Waals surface area contributed by atoms with Crippen LogP contribution in [0.3, 0.4) is 0 Å². The first-order valence-corrected chi connectivity index (χ1v) is 7.87. The summed E-state index contributed by atoms with van der Waals surface area (Å²) < 4.78 is 0. The van der Waals surface area contributed by atoms with E-state index in [2.05, 4.69) is 6.07 Å². The van der Waals surface area contributed by atoms with Crippen LogP contribution in [0.25, 0.3) is 0 Å². The molecule has 112 valence electrons. The monoisotopic (exact) mass is 331 g/mol. The Labute approximate surface area is 138 Å². The molecule has 0 aliphatic heterocycles. The summed E-state index contributed by atoms with van der Waals surface area (Å²) >= 11 is 7.58. The minimum Gasteiger partial charge on any atom is -0.481 e. The van der Waals surface area contributed by atoms with Crippen molar-refractivity contribution >= 4 is 29.3 Å². The topological polar surface area (TPSA) is 61.1 Å². The molecule has 0 radical (unpaired) electrons. The second-order valence-electron chi connectivity index (χ2n) is 4.81. The molecule has 2 aromatic carbocycles. The molecular weight excluding hydrogens is 318 g/mol. The van der Waals surface area contributed by atoms with E-state index in [1.807, 2.05) is 43.3 Å². The van der Waals surface area contributed by atoms with Crippen molar-refractivity contribution < 1.29 is 9.90 Å². The summed E-state index contributed by atoms with van der Waals surface area (Å²) in [5, 5.41) is 18.4. The Bertz CT molecular complexity index is 722. The SMILES string of the molecule is CC(C#N)c1ccc(Sc2cccc(Cl)c2CC(=O)O)cc1. The van der Waals surface area contributed by atoms with E-state index < -0.39 is 5.97 Å². The molecule has 0 saturated carbocycles. The van der Waals surface area contributed by atoms with Gasteiger partial charge in [-0.2, -0.15) is 5.26 Å². The van der Waals surface area contributed by atoms with Crippen LogP contribution in [-0.2, 0) is 11.2 Å². The van der Waals surface area contributed by atoms with Gasteiger partial charge in [-0.15, -0.1) is 0 Å². The quantitative estimate of drug-likeness (QED) is 0.859. The molecule has 0 aliphatic carbocycles. The first kappa shape index (κ1) is 16.4. The predicted octanol–water partition coefficient (Wildman–Crippen LogP) is 4.75. The Hall–Kier alpha value is -1.96. The number of carboxylic acids is 1. The van der Waals surface area contributed by atoms with Crippen molar-refractivity contribution in [3.63, 3.8) is 0 Å². The molecular formula is C17H14ClNO2S. The molecule has 2 rings (SSSR count). The molecule has 0 heterocycles. The van der Waals surface area contributed by atoms with Crippen LogP contribution >= 0.6 is 23.4 Å². The van der Waals surface area contributed by atoms with E-state index >= 15 is 0 Å². The van der Waals surface area contributed by atoms with Gasteiger partial charge in [0.2, 0.25) is 0 Å². The third-order valence-electron chi connectivity index (χ3n) is 3.21. The van der Waals surface area contributed by atoms with Gasteiger partial charge in [-0.3, -0.25) is 4.79 Å². The van der Waals surface area contributed by atoms with E-state index in [0.29, 0.717) is 10.6 Å². The van der Waals surface area contributed by atoms with Crippen LogP contribution in [0, 0.1) is 11.3 Å². The maximum Gasteiger partial charge on any atom is 0.307 e. The van der Waals surface area contributed by atoms with Gasteiger partial charge in [0.05, 0.1) is 18.4 Å². The average Bonchev–Trinajstić information content (AvgIpc) is 2.50. The van der Waals surface area contributed by atoms with Crippen LogP contribution in [0.15, 0.2) is 52.3 Å². The highest BCUT2D eigenvalue weighted by Gasteiger charge is 2.12. The highest BCUT2D eigenvalue weighted by atomic mass is 35.5. The fourth-order valence-corrected chi connectivity index (χ4v) is 3.26. The fourth-order valence-electron chi connectivity index (χ4n) is 1.98. The lowest BCUT2D eigenvalue weighted by molar-refractivity contribution is -0.136. The summed E-state index contributed by atoms with van der Waals surface area (Å²) in [5.41, 5.74) is 1.58. The number of nitriles is 1. The minimum absolute atomic E-state index is 0.106. The van der Waals surface area contributed by atoms with Crippen LogP contribution in [0.2, 0.25) is 5.02 Å². The predicted molar refractivity (Wildman–Crippen MR) is 87.4 cm³/mol. The van der Waals surface area contributed by atoms with E-state index in [1.54, 1.807) is 6.07 Å². The number of aliphatic carboxylic acids is 1. The standard InChI is InChI=1S/C17H14ClNO2S/c1-11(10-19)12-5-7-13(8-6-12)22-16-4-2-3-15(18)14(16)9-17(20)21/h2-8,11H,9H2,1H3,(H,20,21). The van der Waals surface area contributed by atoms with Crippen LogP contribution in [0.1, 0.15) is 24.0 Å². The molecule has 0 amide bonds. The van der Waals surface area contributed by atoms with Crippen LogP contribution in [-0.4, -0.2) is 11.1 Å². The number of halogens is 1. The number of hydrogen-bond donors (Lipinski definition) is 1. The fraction of sp³-hybridized carbons (Fsp3) is 0.176. The summed E-state index contributed by atoms with van der Waals surface area (Å²) in [6, 6.07) is 15.3. The van der Waals surface area contributed by atoms with Gasteiger partial charge in [0, 0.05) is 14.8 Å². The largest absolute Gasteiger partial charge is 0.481 e. The number of benzene rings is 2. The molecule has 2 aromatic rings. The zero-order valence-corrected chi connectivity index (χ0v) is 13.5. The maximum absolute atomic E-state index is 11.0. The van der Waals surface area contributed by atoms with E-state index in [1.165, 1.54) is 11.8 Å². The molecule has 1 unspecified atom stereocenters. The Morgan fingerprint density at radius 2 is 2.00 bits per heavy atom. The number of carboxylic acid groups (broad SMARTS) is 1. The van der Waals surface area contributed by atoms with Crippen molar-refractivity contribution in [2.24, 2.45) is 0 Å². The summed E-state index contributed by atoms with van der Waals surface area (Å²) in [5.74, 6) is -1.05. The van der Waals surface area contributed by atoms with Crippen LogP contribution in [0.5, 0.6) is 0 Å². The van der Waals surface area contributed by atoms with Crippen molar-refractivity contribution in [3.8, 4) is 6.07 Å². The van der Waals surface area contributed by atoms with Gasteiger partial charge in [-0.1, -0.05) is 41.6 Å². The third kappa shape index (κ3) is 4.03.